The lowest BCUT2D eigenvalue weighted by atomic mass is 9.77. The summed E-state index contributed by atoms with van der Waals surface area (Å²) in [4.78, 5) is 11.9. The van der Waals surface area contributed by atoms with Gasteiger partial charge >= 0.3 is 0 Å². The van der Waals surface area contributed by atoms with Crippen LogP contribution in [0.4, 0.5) is 0 Å². The first-order valence-electron chi connectivity index (χ1n) is 5.63. The zero-order valence-electron chi connectivity index (χ0n) is 9.10. The van der Waals surface area contributed by atoms with Crippen molar-refractivity contribution in [2.45, 2.75) is 51.6 Å². The van der Waals surface area contributed by atoms with E-state index in [1.807, 2.05) is 0 Å². The molecule has 0 aromatic rings. The molecule has 3 heteroatoms. The Bertz CT molecular complexity index is 233. The van der Waals surface area contributed by atoms with Gasteiger partial charge in [0.1, 0.15) is 0 Å². The van der Waals surface area contributed by atoms with Crippen molar-refractivity contribution >= 4 is 5.91 Å². The topological polar surface area (TPSA) is 41.1 Å². The molecule has 0 aromatic heterocycles. The van der Waals surface area contributed by atoms with E-state index >= 15 is 0 Å². The van der Waals surface area contributed by atoms with E-state index in [0.29, 0.717) is 6.04 Å². The Morgan fingerprint density at radius 2 is 2.14 bits per heavy atom. The molecule has 1 atom stereocenters. The van der Waals surface area contributed by atoms with Crippen LogP contribution in [0, 0.1) is 5.41 Å². The van der Waals surface area contributed by atoms with Crippen molar-refractivity contribution in [3.8, 4) is 0 Å². The first-order chi connectivity index (χ1) is 6.59. The van der Waals surface area contributed by atoms with Crippen LogP contribution in [0.3, 0.4) is 0 Å². The number of hydrogen-bond acceptors (Lipinski definition) is 2. The number of hydrogen-bond donors (Lipinski definition) is 2. The lowest BCUT2D eigenvalue weighted by Crippen LogP contribution is -2.55. The van der Waals surface area contributed by atoms with Gasteiger partial charge in [-0.25, -0.2) is 0 Å². The number of piperidine rings is 1. The summed E-state index contributed by atoms with van der Waals surface area (Å²) in [5, 5.41) is 6.41. The number of nitrogens with one attached hydrogen (secondary N) is 2. The van der Waals surface area contributed by atoms with Crippen LogP contribution in [-0.4, -0.2) is 24.5 Å². The lowest BCUT2D eigenvalue weighted by molar-refractivity contribution is -0.126. The normalized spacial score (nSPS) is 31.1. The molecule has 1 heterocycles. The molecule has 1 aliphatic carbocycles. The van der Waals surface area contributed by atoms with Gasteiger partial charge in [-0.2, -0.15) is 0 Å². The molecule has 3 nitrogen and oxygen atoms in total. The predicted octanol–water partition coefficient (Wildman–Crippen LogP) is 1.04. The van der Waals surface area contributed by atoms with Crippen LogP contribution in [0.25, 0.3) is 0 Å². The van der Waals surface area contributed by atoms with Gasteiger partial charge in [-0.1, -0.05) is 13.8 Å². The first kappa shape index (κ1) is 9.97. The molecule has 2 N–H and O–H groups in total. The SMILES string of the molecule is CC1(C)CCCNC1C(=O)NC1CC1. The van der Waals surface area contributed by atoms with Crippen molar-refractivity contribution in [2.75, 3.05) is 6.54 Å². The highest BCUT2D eigenvalue weighted by Crippen LogP contribution is 2.30. The molecule has 1 unspecified atom stereocenters. The van der Waals surface area contributed by atoms with Crippen molar-refractivity contribution in [1.82, 2.24) is 10.6 Å². The van der Waals surface area contributed by atoms with Gasteiger partial charge in [-0.15, -0.1) is 0 Å². The summed E-state index contributed by atoms with van der Waals surface area (Å²) >= 11 is 0. The first-order valence-corrected chi connectivity index (χ1v) is 5.63. The van der Waals surface area contributed by atoms with Gasteiger partial charge in [0.15, 0.2) is 0 Å². The molecule has 2 aliphatic rings. The van der Waals surface area contributed by atoms with E-state index in [9.17, 15) is 4.79 Å². The van der Waals surface area contributed by atoms with E-state index in [1.54, 1.807) is 0 Å². The Kier molecular flexibility index (Phi) is 2.52. The van der Waals surface area contributed by atoms with Gasteiger partial charge in [-0.3, -0.25) is 4.79 Å². The van der Waals surface area contributed by atoms with Crippen LogP contribution in [0.15, 0.2) is 0 Å². The predicted molar refractivity (Wildman–Crippen MR) is 56.0 cm³/mol. The number of rotatable bonds is 2. The van der Waals surface area contributed by atoms with E-state index in [0.717, 1.165) is 13.0 Å². The molecule has 0 radical (unpaired) electrons. The van der Waals surface area contributed by atoms with Crippen LogP contribution < -0.4 is 10.6 Å². The fourth-order valence-corrected chi connectivity index (χ4v) is 2.17. The molecule has 1 saturated heterocycles. The third kappa shape index (κ3) is 2.08. The van der Waals surface area contributed by atoms with E-state index in [2.05, 4.69) is 24.5 Å². The second-order valence-corrected chi connectivity index (χ2v) is 5.26. The van der Waals surface area contributed by atoms with Gasteiger partial charge in [-0.05, 0) is 37.6 Å². The number of carbonyl (C=O) groups is 1. The third-order valence-corrected chi connectivity index (χ3v) is 3.31. The fraction of sp³-hybridized carbons (Fsp3) is 0.909. The van der Waals surface area contributed by atoms with Crippen LogP contribution in [0.5, 0.6) is 0 Å². The van der Waals surface area contributed by atoms with Crippen molar-refractivity contribution in [3.63, 3.8) is 0 Å². The minimum absolute atomic E-state index is 0.0110. The second-order valence-electron chi connectivity index (χ2n) is 5.26. The van der Waals surface area contributed by atoms with Crippen molar-refractivity contribution in [3.05, 3.63) is 0 Å². The van der Waals surface area contributed by atoms with Gasteiger partial charge in [0.2, 0.25) is 5.91 Å². The van der Waals surface area contributed by atoms with E-state index < -0.39 is 0 Å². The van der Waals surface area contributed by atoms with Crippen molar-refractivity contribution in [2.24, 2.45) is 5.41 Å². The highest BCUT2D eigenvalue weighted by molar-refractivity contribution is 5.83. The molecule has 14 heavy (non-hydrogen) atoms. The molecule has 1 amide bonds. The standard InChI is InChI=1S/C11H20N2O/c1-11(2)6-3-7-12-9(11)10(14)13-8-4-5-8/h8-9,12H,3-7H2,1-2H3,(H,13,14). The molecular weight excluding hydrogens is 176 g/mol. The molecule has 80 valence electrons. The molecule has 2 rings (SSSR count). The van der Waals surface area contributed by atoms with Crippen LogP contribution in [-0.2, 0) is 4.79 Å². The maximum atomic E-state index is 11.9. The van der Waals surface area contributed by atoms with Gasteiger partial charge < -0.3 is 10.6 Å². The van der Waals surface area contributed by atoms with Crippen LogP contribution >= 0.6 is 0 Å². The summed E-state index contributed by atoms with van der Waals surface area (Å²) in [7, 11) is 0. The summed E-state index contributed by atoms with van der Waals surface area (Å²) in [5.74, 6) is 0.206. The zero-order valence-corrected chi connectivity index (χ0v) is 9.10. The summed E-state index contributed by atoms with van der Waals surface area (Å²) in [6.07, 6.45) is 4.65. The molecular formula is C11H20N2O. The maximum Gasteiger partial charge on any atom is 0.237 e. The minimum atomic E-state index is 0.0110. The van der Waals surface area contributed by atoms with Gasteiger partial charge in [0.25, 0.3) is 0 Å². The van der Waals surface area contributed by atoms with E-state index in [4.69, 9.17) is 0 Å². The lowest BCUT2D eigenvalue weighted by Gasteiger charge is -2.38. The van der Waals surface area contributed by atoms with E-state index in [1.165, 1.54) is 19.3 Å². The van der Waals surface area contributed by atoms with Crippen molar-refractivity contribution < 1.29 is 4.79 Å². The molecule has 1 saturated carbocycles. The Morgan fingerprint density at radius 3 is 2.71 bits per heavy atom. The summed E-state index contributed by atoms with van der Waals surface area (Å²) in [5.41, 5.74) is 0.108. The van der Waals surface area contributed by atoms with Gasteiger partial charge in [0.05, 0.1) is 6.04 Å². The monoisotopic (exact) mass is 196 g/mol. The summed E-state index contributed by atoms with van der Waals surface area (Å²) in [6.45, 7) is 5.33. The molecule has 0 bridgehead atoms. The van der Waals surface area contributed by atoms with E-state index in [-0.39, 0.29) is 17.4 Å². The quantitative estimate of drug-likeness (QED) is 0.693. The Labute approximate surface area is 85.6 Å². The number of amides is 1. The fourth-order valence-electron chi connectivity index (χ4n) is 2.17. The Morgan fingerprint density at radius 1 is 1.43 bits per heavy atom. The minimum Gasteiger partial charge on any atom is -0.352 e. The molecule has 2 fully saturated rings. The van der Waals surface area contributed by atoms with Crippen LogP contribution in [0.1, 0.15) is 39.5 Å². The number of carbonyl (C=O) groups excluding carboxylic acids is 1. The molecule has 0 spiro atoms. The zero-order chi connectivity index (χ0) is 10.2. The average Bonchev–Trinajstić information content (AvgIpc) is 2.87. The Balaban J connectivity index is 1.95. The largest absolute Gasteiger partial charge is 0.352 e. The summed E-state index contributed by atoms with van der Waals surface area (Å²) in [6, 6.07) is 0.485. The average molecular weight is 196 g/mol. The van der Waals surface area contributed by atoms with Gasteiger partial charge in [0, 0.05) is 6.04 Å². The maximum absolute atomic E-state index is 11.9. The third-order valence-electron chi connectivity index (χ3n) is 3.31. The highest BCUT2D eigenvalue weighted by Gasteiger charge is 2.38. The molecule has 0 aromatic carbocycles. The second kappa shape index (κ2) is 3.54. The Hall–Kier alpha value is -0.570. The van der Waals surface area contributed by atoms with Crippen LogP contribution in [0.2, 0.25) is 0 Å². The van der Waals surface area contributed by atoms with Crippen molar-refractivity contribution in [1.29, 1.82) is 0 Å². The molecule has 1 aliphatic heterocycles. The summed E-state index contributed by atoms with van der Waals surface area (Å²) < 4.78 is 0. The smallest absolute Gasteiger partial charge is 0.237 e. The highest BCUT2D eigenvalue weighted by atomic mass is 16.2.